The lowest BCUT2D eigenvalue weighted by atomic mass is 10.1. The molecule has 14 heavy (non-hydrogen) atoms. The molecule has 4 N–H and O–H groups in total. The molecule has 0 radical (unpaired) electrons. The number of nitrogens with two attached hydrogens (primary N) is 1. The molecule has 2 unspecified atom stereocenters. The van der Waals surface area contributed by atoms with Crippen LogP contribution < -0.4 is 11.1 Å². The van der Waals surface area contributed by atoms with Crippen LogP contribution in [-0.4, -0.2) is 24.1 Å². The highest BCUT2D eigenvalue weighted by molar-refractivity contribution is 5.82. The fraction of sp³-hybridized carbons (Fsp3) is 0.900. The first-order chi connectivity index (χ1) is 6.65. The van der Waals surface area contributed by atoms with Crippen molar-refractivity contribution in [1.29, 1.82) is 0 Å². The Morgan fingerprint density at radius 2 is 2.14 bits per heavy atom. The highest BCUT2D eigenvalue weighted by Crippen LogP contribution is 2.35. The van der Waals surface area contributed by atoms with Crippen LogP contribution in [-0.2, 0) is 0 Å². The van der Waals surface area contributed by atoms with Gasteiger partial charge in [-0.15, -0.1) is 0 Å². The summed E-state index contributed by atoms with van der Waals surface area (Å²) in [4.78, 5) is 0. The highest BCUT2D eigenvalue weighted by Gasteiger charge is 2.27. The molecular formula is C10H21N3O. The fourth-order valence-corrected chi connectivity index (χ4v) is 1.56. The zero-order valence-corrected chi connectivity index (χ0v) is 9.03. The van der Waals surface area contributed by atoms with E-state index in [4.69, 9.17) is 10.9 Å². The first kappa shape index (κ1) is 11.3. The number of nitrogens with one attached hydrogen (secondary N) is 1. The third kappa shape index (κ3) is 3.54. The molecule has 1 saturated carbocycles. The van der Waals surface area contributed by atoms with Crippen molar-refractivity contribution in [2.45, 2.75) is 26.7 Å². The van der Waals surface area contributed by atoms with E-state index in [1.54, 1.807) is 0 Å². The van der Waals surface area contributed by atoms with Crippen molar-refractivity contribution in [2.24, 2.45) is 28.6 Å². The largest absolute Gasteiger partial charge is 0.409 e. The van der Waals surface area contributed by atoms with Gasteiger partial charge >= 0.3 is 0 Å². The Hall–Kier alpha value is -0.770. The highest BCUT2D eigenvalue weighted by atomic mass is 16.4. The van der Waals surface area contributed by atoms with Crippen LogP contribution in [0.15, 0.2) is 5.16 Å². The molecule has 0 aromatic carbocycles. The smallest absolute Gasteiger partial charge is 0.143 e. The molecule has 0 spiro atoms. The van der Waals surface area contributed by atoms with Gasteiger partial charge in [0.2, 0.25) is 0 Å². The minimum Gasteiger partial charge on any atom is -0.409 e. The zero-order valence-electron chi connectivity index (χ0n) is 9.03. The maximum atomic E-state index is 8.45. The topological polar surface area (TPSA) is 70.6 Å². The molecule has 0 saturated heterocycles. The van der Waals surface area contributed by atoms with Crippen molar-refractivity contribution in [3.8, 4) is 0 Å². The average molecular weight is 199 g/mol. The molecule has 0 bridgehead atoms. The first-order valence-electron chi connectivity index (χ1n) is 5.33. The monoisotopic (exact) mass is 199 g/mol. The number of oxime groups is 1. The van der Waals surface area contributed by atoms with Crippen molar-refractivity contribution >= 4 is 5.84 Å². The summed E-state index contributed by atoms with van der Waals surface area (Å²) in [6.07, 6.45) is 2.78. The van der Waals surface area contributed by atoms with Crippen LogP contribution in [0.3, 0.4) is 0 Å². The van der Waals surface area contributed by atoms with Gasteiger partial charge in [0.25, 0.3) is 0 Å². The minimum atomic E-state index is 0.103. The summed E-state index contributed by atoms with van der Waals surface area (Å²) in [6, 6.07) is 0. The molecule has 1 rings (SSSR count). The van der Waals surface area contributed by atoms with Crippen molar-refractivity contribution in [1.82, 2.24) is 5.32 Å². The van der Waals surface area contributed by atoms with E-state index < -0.39 is 0 Å². The van der Waals surface area contributed by atoms with Crippen LogP contribution in [0, 0.1) is 17.8 Å². The summed E-state index contributed by atoms with van der Waals surface area (Å²) in [6.45, 7) is 6.04. The van der Waals surface area contributed by atoms with Crippen LogP contribution >= 0.6 is 0 Å². The van der Waals surface area contributed by atoms with Crippen molar-refractivity contribution in [2.75, 3.05) is 13.1 Å². The van der Waals surface area contributed by atoms with Crippen LogP contribution in [0.1, 0.15) is 26.7 Å². The summed E-state index contributed by atoms with van der Waals surface area (Å²) in [5.74, 6) is 2.10. The van der Waals surface area contributed by atoms with Crippen LogP contribution in [0.25, 0.3) is 0 Å². The Morgan fingerprint density at radius 1 is 1.50 bits per heavy atom. The van der Waals surface area contributed by atoms with Crippen molar-refractivity contribution < 1.29 is 5.21 Å². The van der Waals surface area contributed by atoms with Gasteiger partial charge in [-0.2, -0.15) is 0 Å². The molecule has 0 heterocycles. The van der Waals surface area contributed by atoms with Gasteiger partial charge in [-0.3, -0.25) is 0 Å². The summed E-state index contributed by atoms with van der Waals surface area (Å²) in [5, 5.41) is 14.8. The molecule has 0 aromatic rings. The van der Waals surface area contributed by atoms with E-state index >= 15 is 0 Å². The average Bonchev–Trinajstić information content (AvgIpc) is 2.99. The Balaban J connectivity index is 2.07. The lowest BCUT2D eigenvalue weighted by Crippen LogP contribution is -2.33. The number of amidine groups is 1. The Bertz CT molecular complexity index is 202. The summed E-state index contributed by atoms with van der Waals surface area (Å²) in [7, 11) is 0. The lowest BCUT2D eigenvalue weighted by Gasteiger charge is -2.14. The predicted molar refractivity (Wildman–Crippen MR) is 57.3 cm³/mol. The summed E-state index contributed by atoms with van der Waals surface area (Å²) < 4.78 is 0. The first-order valence-corrected chi connectivity index (χ1v) is 5.33. The van der Waals surface area contributed by atoms with E-state index in [2.05, 4.69) is 17.4 Å². The second-order valence-corrected chi connectivity index (χ2v) is 4.40. The second kappa shape index (κ2) is 5.20. The standard InChI is InChI=1S/C10H21N3O/c1-7(9-3-4-9)5-12-6-8(2)10(11)13-14/h7-9,12,14H,3-6H2,1-2H3,(H2,11,13). The molecule has 0 aromatic heterocycles. The fourth-order valence-electron chi connectivity index (χ4n) is 1.56. The maximum absolute atomic E-state index is 8.45. The normalized spacial score (nSPS) is 22.0. The van der Waals surface area contributed by atoms with E-state index in [-0.39, 0.29) is 5.92 Å². The Morgan fingerprint density at radius 3 is 2.64 bits per heavy atom. The van der Waals surface area contributed by atoms with Crippen LogP contribution in [0.5, 0.6) is 0 Å². The third-order valence-electron chi connectivity index (χ3n) is 2.96. The molecule has 1 aliphatic rings. The number of hydrogen-bond acceptors (Lipinski definition) is 3. The van der Waals surface area contributed by atoms with Gasteiger partial charge in [-0.25, -0.2) is 0 Å². The molecule has 82 valence electrons. The Labute approximate surface area is 85.6 Å². The van der Waals surface area contributed by atoms with Gasteiger partial charge in [0, 0.05) is 12.5 Å². The summed E-state index contributed by atoms with van der Waals surface area (Å²) >= 11 is 0. The molecule has 4 heteroatoms. The molecule has 0 aliphatic heterocycles. The van der Waals surface area contributed by atoms with Gasteiger partial charge in [-0.1, -0.05) is 19.0 Å². The van der Waals surface area contributed by atoms with E-state index in [0.29, 0.717) is 5.84 Å². The van der Waals surface area contributed by atoms with Crippen molar-refractivity contribution in [3.63, 3.8) is 0 Å². The maximum Gasteiger partial charge on any atom is 0.143 e. The minimum absolute atomic E-state index is 0.103. The van der Waals surface area contributed by atoms with Gasteiger partial charge in [0.1, 0.15) is 5.84 Å². The molecule has 4 nitrogen and oxygen atoms in total. The molecule has 1 fully saturated rings. The Kier molecular flexibility index (Phi) is 4.20. The molecule has 2 atom stereocenters. The van der Waals surface area contributed by atoms with E-state index in [1.165, 1.54) is 12.8 Å². The van der Waals surface area contributed by atoms with Gasteiger partial charge in [-0.05, 0) is 31.2 Å². The van der Waals surface area contributed by atoms with Gasteiger partial charge in [0.15, 0.2) is 0 Å². The van der Waals surface area contributed by atoms with E-state index in [0.717, 1.165) is 24.9 Å². The SMILES string of the molecule is CC(CNCC(C)C1CC1)C(N)=NO. The van der Waals surface area contributed by atoms with Crippen molar-refractivity contribution in [3.05, 3.63) is 0 Å². The summed E-state index contributed by atoms with van der Waals surface area (Å²) in [5.41, 5.74) is 5.47. The molecular weight excluding hydrogens is 178 g/mol. The predicted octanol–water partition coefficient (Wildman–Crippen LogP) is 1.00. The van der Waals surface area contributed by atoms with Crippen LogP contribution in [0.2, 0.25) is 0 Å². The van der Waals surface area contributed by atoms with E-state index in [1.807, 2.05) is 6.92 Å². The van der Waals surface area contributed by atoms with E-state index in [9.17, 15) is 0 Å². The zero-order chi connectivity index (χ0) is 10.6. The molecule has 0 amide bonds. The molecule has 1 aliphatic carbocycles. The lowest BCUT2D eigenvalue weighted by molar-refractivity contribution is 0.313. The van der Waals surface area contributed by atoms with Crippen LogP contribution in [0.4, 0.5) is 0 Å². The van der Waals surface area contributed by atoms with Gasteiger partial charge < -0.3 is 16.3 Å². The number of nitrogens with zero attached hydrogens (tertiary/aromatic N) is 1. The number of hydrogen-bond donors (Lipinski definition) is 3. The number of rotatable bonds is 6. The van der Waals surface area contributed by atoms with Gasteiger partial charge in [0.05, 0.1) is 0 Å². The third-order valence-corrected chi connectivity index (χ3v) is 2.96. The quantitative estimate of drug-likeness (QED) is 0.259. The second-order valence-electron chi connectivity index (χ2n) is 4.40.